The van der Waals surface area contributed by atoms with Gasteiger partial charge in [-0.05, 0) is 6.07 Å². The molecule has 0 spiro atoms. The molecular formula is C8H4ClF2NO4. The van der Waals surface area contributed by atoms with Crippen molar-refractivity contribution in [2.24, 2.45) is 0 Å². The van der Waals surface area contributed by atoms with Crippen LogP contribution in [0.15, 0.2) is 12.1 Å². The summed E-state index contributed by atoms with van der Waals surface area (Å²) in [6.07, 6.45) is 0.216. The molecule has 5 nitrogen and oxygen atoms in total. The summed E-state index contributed by atoms with van der Waals surface area (Å²) in [7, 11) is 0. The molecule has 8 heteroatoms. The number of hydrogen-bond acceptors (Lipinski definition) is 4. The van der Waals surface area contributed by atoms with E-state index < -0.39 is 23.0 Å². The van der Waals surface area contributed by atoms with Crippen LogP contribution in [0.1, 0.15) is 10.4 Å². The van der Waals surface area contributed by atoms with Crippen LogP contribution in [0.2, 0.25) is 5.02 Å². The molecule has 1 rings (SSSR count). The Bertz CT molecular complexity index is 438. The lowest BCUT2D eigenvalue weighted by atomic mass is 10.2. The van der Waals surface area contributed by atoms with Gasteiger partial charge in [-0.3, -0.25) is 14.9 Å². The Hall–Kier alpha value is -1.76. The Morgan fingerprint density at radius 2 is 2.12 bits per heavy atom. The van der Waals surface area contributed by atoms with E-state index in [9.17, 15) is 23.7 Å². The number of halogens is 3. The van der Waals surface area contributed by atoms with Crippen molar-refractivity contribution in [2.75, 3.05) is 0 Å². The first-order valence-electron chi connectivity index (χ1n) is 3.83. The second kappa shape index (κ2) is 4.84. The summed E-state index contributed by atoms with van der Waals surface area (Å²) in [6.45, 7) is -3.18. The molecule has 0 aliphatic carbocycles. The predicted molar refractivity (Wildman–Crippen MR) is 50.1 cm³/mol. The fourth-order valence-electron chi connectivity index (χ4n) is 0.988. The molecule has 16 heavy (non-hydrogen) atoms. The van der Waals surface area contributed by atoms with Crippen LogP contribution in [-0.2, 0) is 0 Å². The summed E-state index contributed by atoms with van der Waals surface area (Å²) in [5.41, 5.74) is -0.890. The van der Waals surface area contributed by atoms with E-state index in [1.165, 1.54) is 0 Å². The maximum atomic E-state index is 11.9. The average Bonchev–Trinajstić information content (AvgIpc) is 2.18. The first kappa shape index (κ1) is 12.3. The normalized spacial score (nSPS) is 10.2. The Morgan fingerprint density at radius 3 is 2.56 bits per heavy atom. The molecule has 0 aliphatic rings. The third kappa shape index (κ3) is 2.63. The highest BCUT2D eigenvalue weighted by Crippen LogP contribution is 2.32. The second-order valence-corrected chi connectivity index (χ2v) is 3.00. The predicted octanol–water partition coefficient (Wildman–Crippen LogP) is 2.66. The van der Waals surface area contributed by atoms with Gasteiger partial charge in [0.15, 0.2) is 6.29 Å². The third-order valence-corrected chi connectivity index (χ3v) is 1.92. The van der Waals surface area contributed by atoms with E-state index in [0.29, 0.717) is 6.07 Å². The standard InChI is InChI=1S/C8H4ClF2NO4/c9-5-1-4(3-13)7(16-8(10)11)2-6(5)12(14)15/h1-3,8H. The number of carbonyl (C=O) groups is 1. The molecule has 0 bridgehead atoms. The van der Waals surface area contributed by atoms with Crippen molar-refractivity contribution in [3.63, 3.8) is 0 Å². The van der Waals surface area contributed by atoms with Crippen LogP contribution in [0.5, 0.6) is 5.75 Å². The Balaban J connectivity index is 3.28. The highest BCUT2D eigenvalue weighted by molar-refractivity contribution is 6.33. The monoisotopic (exact) mass is 251 g/mol. The third-order valence-electron chi connectivity index (χ3n) is 1.62. The Labute approximate surface area is 92.7 Å². The van der Waals surface area contributed by atoms with Gasteiger partial charge >= 0.3 is 6.61 Å². The summed E-state index contributed by atoms with van der Waals surface area (Å²) >= 11 is 5.47. The van der Waals surface area contributed by atoms with E-state index in [1.54, 1.807) is 0 Å². The topological polar surface area (TPSA) is 69.4 Å². The zero-order valence-corrected chi connectivity index (χ0v) is 8.28. The van der Waals surface area contributed by atoms with Gasteiger partial charge in [-0.2, -0.15) is 8.78 Å². The molecule has 0 fully saturated rings. The molecule has 0 aromatic heterocycles. The van der Waals surface area contributed by atoms with Gasteiger partial charge in [-0.15, -0.1) is 0 Å². The van der Waals surface area contributed by atoms with Crippen LogP contribution >= 0.6 is 11.6 Å². The molecular weight excluding hydrogens is 248 g/mol. The molecule has 0 saturated carbocycles. The number of carbonyl (C=O) groups excluding carboxylic acids is 1. The van der Waals surface area contributed by atoms with Crippen LogP contribution in [-0.4, -0.2) is 17.8 Å². The van der Waals surface area contributed by atoms with E-state index in [-0.39, 0.29) is 16.9 Å². The quantitative estimate of drug-likeness (QED) is 0.469. The van der Waals surface area contributed by atoms with Crippen molar-refractivity contribution in [2.45, 2.75) is 6.61 Å². The maximum Gasteiger partial charge on any atom is 0.387 e. The molecule has 0 radical (unpaired) electrons. The number of rotatable bonds is 4. The molecule has 1 aromatic rings. The Kier molecular flexibility index (Phi) is 3.73. The van der Waals surface area contributed by atoms with Gasteiger partial charge in [-0.25, -0.2) is 0 Å². The van der Waals surface area contributed by atoms with Crippen LogP contribution in [0.3, 0.4) is 0 Å². The van der Waals surface area contributed by atoms with Gasteiger partial charge in [-0.1, -0.05) is 11.6 Å². The van der Waals surface area contributed by atoms with Crippen molar-refractivity contribution < 1.29 is 23.2 Å². The summed E-state index contributed by atoms with van der Waals surface area (Å²) < 4.78 is 27.8. The summed E-state index contributed by atoms with van der Waals surface area (Å²) in [6, 6.07) is 1.57. The van der Waals surface area contributed by atoms with Crippen LogP contribution in [0, 0.1) is 10.1 Å². The number of alkyl halides is 2. The van der Waals surface area contributed by atoms with Crippen molar-refractivity contribution in [3.8, 4) is 5.75 Å². The minimum absolute atomic E-state index is 0.216. The van der Waals surface area contributed by atoms with E-state index in [1.807, 2.05) is 0 Å². The first-order chi connectivity index (χ1) is 7.45. The van der Waals surface area contributed by atoms with Crippen LogP contribution < -0.4 is 4.74 Å². The van der Waals surface area contributed by atoms with Gasteiger partial charge < -0.3 is 4.74 Å². The van der Waals surface area contributed by atoms with Crippen molar-refractivity contribution >= 4 is 23.6 Å². The molecule has 86 valence electrons. The molecule has 0 unspecified atom stereocenters. The number of ether oxygens (including phenoxy) is 1. The van der Waals surface area contributed by atoms with Crippen molar-refractivity contribution in [1.29, 1.82) is 0 Å². The van der Waals surface area contributed by atoms with Gasteiger partial charge in [0.05, 0.1) is 16.6 Å². The van der Waals surface area contributed by atoms with Gasteiger partial charge in [0, 0.05) is 0 Å². The summed E-state index contributed by atoms with van der Waals surface area (Å²) in [5, 5.41) is 10.1. The van der Waals surface area contributed by atoms with E-state index in [0.717, 1.165) is 6.07 Å². The van der Waals surface area contributed by atoms with E-state index in [2.05, 4.69) is 4.74 Å². The number of benzene rings is 1. The molecule has 0 N–H and O–H groups in total. The zero-order chi connectivity index (χ0) is 12.3. The number of nitrogens with zero attached hydrogens (tertiary/aromatic N) is 1. The number of nitro groups is 1. The minimum atomic E-state index is -3.18. The SMILES string of the molecule is O=Cc1cc(Cl)c([N+](=O)[O-])cc1OC(F)F. The second-order valence-electron chi connectivity index (χ2n) is 2.59. The molecule has 0 heterocycles. The van der Waals surface area contributed by atoms with E-state index >= 15 is 0 Å². The molecule has 0 aliphatic heterocycles. The van der Waals surface area contributed by atoms with E-state index in [4.69, 9.17) is 11.6 Å². The molecule has 0 saturated heterocycles. The lowest BCUT2D eigenvalue weighted by molar-refractivity contribution is -0.384. The minimum Gasteiger partial charge on any atom is -0.434 e. The number of hydrogen-bond donors (Lipinski definition) is 0. The zero-order valence-electron chi connectivity index (χ0n) is 7.52. The Morgan fingerprint density at radius 1 is 1.50 bits per heavy atom. The van der Waals surface area contributed by atoms with Crippen molar-refractivity contribution in [3.05, 3.63) is 32.8 Å². The molecule has 0 atom stereocenters. The van der Waals surface area contributed by atoms with Crippen LogP contribution in [0.25, 0.3) is 0 Å². The van der Waals surface area contributed by atoms with Crippen LogP contribution in [0.4, 0.5) is 14.5 Å². The summed E-state index contributed by atoms with van der Waals surface area (Å²) in [5.74, 6) is -0.582. The smallest absolute Gasteiger partial charge is 0.387 e. The molecule has 1 aromatic carbocycles. The number of nitro benzene ring substituents is 1. The first-order valence-corrected chi connectivity index (χ1v) is 4.21. The lowest BCUT2D eigenvalue weighted by Gasteiger charge is -2.07. The van der Waals surface area contributed by atoms with Gasteiger partial charge in [0.1, 0.15) is 10.8 Å². The fraction of sp³-hybridized carbons (Fsp3) is 0.125. The largest absolute Gasteiger partial charge is 0.434 e. The maximum absolute atomic E-state index is 11.9. The fourth-order valence-corrected chi connectivity index (χ4v) is 1.23. The molecule has 0 amide bonds. The average molecular weight is 252 g/mol. The highest BCUT2D eigenvalue weighted by Gasteiger charge is 2.19. The van der Waals surface area contributed by atoms with Gasteiger partial charge in [0.25, 0.3) is 5.69 Å². The summed E-state index contributed by atoms with van der Waals surface area (Å²) in [4.78, 5) is 20.1. The number of aldehydes is 1. The highest BCUT2D eigenvalue weighted by atomic mass is 35.5. The van der Waals surface area contributed by atoms with Crippen molar-refractivity contribution in [1.82, 2.24) is 0 Å². The lowest BCUT2D eigenvalue weighted by Crippen LogP contribution is -2.05. The van der Waals surface area contributed by atoms with Gasteiger partial charge in [0.2, 0.25) is 0 Å².